The van der Waals surface area contributed by atoms with Gasteiger partial charge in [0.25, 0.3) is 0 Å². The first kappa shape index (κ1) is 23.8. The third-order valence-corrected chi connectivity index (χ3v) is 4.43. The van der Waals surface area contributed by atoms with Gasteiger partial charge in [0.05, 0.1) is 0 Å². The van der Waals surface area contributed by atoms with Crippen molar-refractivity contribution in [2.45, 2.75) is 71.1 Å². The van der Waals surface area contributed by atoms with E-state index in [0.717, 1.165) is 44.3 Å². The van der Waals surface area contributed by atoms with Gasteiger partial charge in [-0.2, -0.15) is 0 Å². The Labute approximate surface area is 172 Å². The Kier molecular flexibility index (Phi) is 15.4. The number of hydrogen-bond acceptors (Lipinski definition) is 2. The van der Waals surface area contributed by atoms with Crippen LogP contribution in [0.25, 0.3) is 0 Å². The van der Waals surface area contributed by atoms with E-state index in [1.165, 1.54) is 32.1 Å². The molecule has 2 N–H and O–H groups in total. The van der Waals surface area contributed by atoms with Crippen LogP contribution in [0.2, 0.25) is 0 Å². The zero-order valence-electron chi connectivity index (χ0n) is 17.7. The minimum atomic E-state index is 0.311. The van der Waals surface area contributed by atoms with Crippen molar-refractivity contribution < 1.29 is 5.11 Å². The molecule has 0 aliphatic heterocycles. The van der Waals surface area contributed by atoms with Crippen molar-refractivity contribution in [3.8, 4) is 5.75 Å². The molecule has 0 spiro atoms. The third kappa shape index (κ3) is 14.9. The van der Waals surface area contributed by atoms with Gasteiger partial charge in [-0.25, -0.2) is 0 Å². The second-order valence-corrected chi connectivity index (χ2v) is 7.06. The van der Waals surface area contributed by atoms with Crippen molar-refractivity contribution in [1.29, 1.82) is 0 Å². The van der Waals surface area contributed by atoms with E-state index in [4.69, 9.17) is 0 Å². The molecular formula is C26H39NO. The number of rotatable bonds is 16. The molecule has 0 amide bonds. The Balaban J connectivity index is 1.91. The largest absolute Gasteiger partial charge is 0.508 e. The van der Waals surface area contributed by atoms with E-state index in [1.54, 1.807) is 12.1 Å². The highest BCUT2D eigenvalue weighted by Gasteiger charge is 1.92. The highest BCUT2D eigenvalue weighted by atomic mass is 16.3. The average molecular weight is 382 g/mol. The van der Waals surface area contributed by atoms with Crippen molar-refractivity contribution in [3.05, 3.63) is 72.9 Å². The van der Waals surface area contributed by atoms with Crippen LogP contribution in [0.4, 0.5) is 5.69 Å². The molecule has 0 radical (unpaired) electrons. The highest BCUT2D eigenvalue weighted by molar-refractivity contribution is 5.47. The predicted octanol–water partition coefficient (Wildman–Crippen LogP) is 7.95. The predicted molar refractivity (Wildman–Crippen MR) is 125 cm³/mol. The molecule has 0 bridgehead atoms. The molecule has 0 atom stereocenters. The van der Waals surface area contributed by atoms with Crippen LogP contribution in [-0.4, -0.2) is 11.7 Å². The number of hydrogen-bond donors (Lipinski definition) is 2. The van der Waals surface area contributed by atoms with Crippen LogP contribution >= 0.6 is 0 Å². The van der Waals surface area contributed by atoms with Gasteiger partial charge in [-0.3, -0.25) is 0 Å². The van der Waals surface area contributed by atoms with Crippen LogP contribution < -0.4 is 5.32 Å². The Morgan fingerprint density at radius 1 is 0.750 bits per heavy atom. The number of phenolic OH excluding ortho intramolecular Hbond substituents is 1. The summed E-state index contributed by atoms with van der Waals surface area (Å²) >= 11 is 0. The molecule has 0 aliphatic rings. The minimum absolute atomic E-state index is 0.311. The van der Waals surface area contributed by atoms with Crippen LogP contribution in [0.3, 0.4) is 0 Å². The average Bonchev–Trinajstić information content (AvgIpc) is 2.70. The summed E-state index contributed by atoms with van der Waals surface area (Å²) in [5.74, 6) is 0.311. The van der Waals surface area contributed by atoms with Gasteiger partial charge in [-0.1, -0.05) is 74.4 Å². The van der Waals surface area contributed by atoms with Crippen LogP contribution in [0.1, 0.15) is 71.1 Å². The molecule has 0 saturated heterocycles. The lowest BCUT2D eigenvalue weighted by atomic mass is 10.2. The molecule has 2 nitrogen and oxygen atoms in total. The Hall–Kier alpha value is -2.22. The minimum Gasteiger partial charge on any atom is -0.508 e. The van der Waals surface area contributed by atoms with E-state index in [9.17, 15) is 5.11 Å². The van der Waals surface area contributed by atoms with Gasteiger partial charge in [-0.05, 0) is 63.5 Å². The molecular weight excluding hydrogens is 342 g/mol. The number of allylic oxidation sites excluding steroid dienone is 8. The first-order chi connectivity index (χ1) is 13.8. The smallest absolute Gasteiger partial charge is 0.117 e. The van der Waals surface area contributed by atoms with Crippen molar-refractivity contribution in [3.63, 3.8) is 0 Å². The van der Waals surface area contributed by atoms with Gasteiger partial charge in [0.1, 0.15) is 5.75 Å². The molecule has 0 unspecified atom stereocenters. The fraction of sp³-hybridized carbons (Fsp3) is 0.462. The molecule has 1 aromatic carbocycles. The van der Waals surface area contributed by atoms with E-state index in [0.29, 0.717) is 5.75 Å². The molecule has 1 aromatic rings. The van der Waals surface area contributed by atoms with Crippen molar-refractivity contribution in [2.24, 2.45) is 0 Å². The second-order valence-electron chi connectivity index (χ2n) is 7.06. The summed E-state index contributed by atoms with van der Waals surface area (Å²) in [5, 5.41) is 12.7. The quantitative estimate of drug-likeness (QED) is 0.225. The summed E-state index contributed by atoms with van der Waals surface area (Å²) in [6, 6.07) is 7.28. The molecule has 0 saturated carbocycles. The maximum Gasteiger partial charge on any atom is 0.117 e. The number of benzene rings is 1. The number of unbranched alkanes of at least 4 members (excludes halogenated alkanes) is 5. The van der Waals surface area contributed by atoms with E-state index in [-0.39, 0.29) is 0 Å². The summed E-state index contributed by atoms with van der Waals surface area (Å²) in [6.45, 7) is 3.19. The molecule has 0 aliphatic carbocycles. The van der Waals surface area contributed by atoms with Gasteiger partial charge in [-0.15, -0.1) is 0 Å². The maximum absolute atomic E-state index is 9.41. The number of aromatic hydroxyl groups is 1. The maximum atomic E-state index is 9.41. The number of phenols is 1. The van der Waals surface area contributed by atoms with Crippen LogP contribution in [0, 0.1) is 0 Å². The lowest BCUT2D eigenvalue weighted by Gasteiger charge is -2.05. The normalized spacial score (nSPS) is 12.2. The molecule has 2 heteroatoms. The first-order valence-electron chi connectivity index (χ1n) is 11.0. The van der Waals surface area contributed by atoms with Gasteiger partial charge in [0.15, 0.2) is 0 Å². The zero-order chi connectivity index (χ0) is 20.1. The standard InChI is InChI=1S/C26H39NO/c1-2-3-4-5-6-7-8-9-10-11-12-13-14-15-16-17-18-19-23-27-25-21-20-22-26(28)24-25/h6-7,9-10,12-13,15-16,20-22,24,27-28H,2-5,8,11,14,17-19,23H2,1H3/b7-6-,10-9-,13-12-,16-15-. The third-order valence-electron chi connectivity index (χ3n) is 4.43. The SMILES string of the molecule is CCCCC/C=C\C/C=C\C/C=C\C/C=C\CCCCNc1cccc(O)c1. The van der Waals surface area contributed by atoms with E-state index in [2.05, 4.69) is 60.8 Å². The second kappa shape index (κ2) is 18.2. The van der Waals surface area contributed by atoms with Gasteiger partial charge in [0.2, 0.25) is 0 Å². The zero-order valence-corrected chi connectivity index (χ0v) is 17.7. The van der Waals surface area contributed by atoms with Gasteiger partial charge in [0, 0.05) is 18.3 Å². The first-order valence-corrected chi connectivity index (χ1v) is 11.0. The van der Waals surface area contributed by atoms with Crippen LogP contribution in [-0.2, 0) is 0 Å². The summed E-state index contributed by atoms with van der Waals surface area (Å²) in [5.41, 5.74) is 0.984. The van der Waals surface area contributed by atoms with Crippen molar-refractivity contribution in [2.75, 3.05) is 11.9 Å². The van der Waals surface area contributed by atoms with E-state index >= 15 is 0 Å². The molecule has 0 aromatic heterocycles. The van der Waals surface area contributed by atoms with Crippen LogP contribution in [0.5, 0.6) is 5.75 Å². The topological polar surface area (TPSA) is 32.3 Å². The van der Waals surface area contributed by atoms with Gasteiger partial charge < -0.3 is 10.4 Å². The Bertz CT molecular complexity index is 598. The fourth-order valence-electron chi connectivity index (χ4n) is 2.80. The molecule has 0 heterocycles. The van der Waals surface area contributed by atoms with E-state index in [1.807, 2.05) is 12.1 Å². The Morgan fingerprint density at radius 3 is 1.89 bits per heavy atom. The number of anilines is 1. The Morgan fingerprint density at radius 2 is 1.32 bits per heavy atom. The fourth-order valence-corrected chi connectivity index (χ4v) is 2.80. The number of nitrogens with one attached hydrogen (secondary N) is 1. The molecule has 28 heavy (non-hydrogen) atoms. The molecule has 0 fully saturated rings. The monoisotopic (exact) mass is 381 g/mol. The van der Waals surface area contributed by atoms with Crippen LogP contribution in [0.15, 0.2) is 72.9 Å². The molecule has 154 valence electrons. The van der Waals surface area contributed by atoms with Gasteiger partial charge >= 0.3 is 0 Å². The van der Waals surface area contributed by atoms with Crippen molar-refractivity contribution >= 4 is 5.69 Å². The van der Waals surface area contributed by atoms with E-state index < -0.39 is 0 Å². The summed E-state index contributed by atoms with van der Waals surface area (Å²) in [7, 11) is 0. The van der Waals surface area contributed by atoms with Crippen molar-refractivity contribution in [1.82, 2.24) is 0 Å². The lowest BCUT2D eigenvalue weighted by molar-refractivity contribution is 0.475. The molecule has 1 rings (SSSR count). The highest BCUT2D eigenvalue weighted by Crippen LogP contribution is 2.15. The summed E-state index contributed by atoms with van der Waals surface area (Å²) < 4.78 is 0. The summed E-state index contributed by atoms with van der Waals surface area (Å²) in [4.78, 5) is 0. The lowest BCUT2D eigenvalue weighted by Crippen LogP contribution is -2.00. The summed E-state index contributed by atoms with van der Waals surface area (Å²) in [6.07, 6.45) is 29.8.